The summed E-state index contributed by atoms with van der Waals surface area (Å²) in [5.41, 5.74) is 4.77. The van der Waals surface area contributed by atoms with Crippen molar-refractivity contribution >= 4 is 0 Å². The van der Waals surface area contributed by atoms with E-state index in [2.05, 4.69) is 36.9 Å². The molecule has 0 spiro atoms. The van der Waals surface area contributed by atoms with Crippen LogP contribution < -0.4 is 4.74 Å². The molecule has 2 aromatic rings. The van der Waals surface area contributed by atoms with E-state index in [0.29, 0.717) is 6.54 Å². The molecule has 3 heteroatoms. The normalized spacial score (nSPS) is 11.0. The van der Waals surface area contributed by atoms with Crippen LogP contribution in [0.4, 0.5) is 4.39 Å². The largest absolute Gasteiger partial charge is 0.494 e. The number of benzene rings is 2. The highest BCUT2D eigenvalue weighted by molar-refractivity contribution is 5.30. The second kappa shape index (κ2) is 6.72. The van der Waals surface area contributed by atoms with E-state index in [1.54, 1.807) is 6.07 Å². The minimum atomic E-state index is -0.310. The lowest BCUT2D eigenvalue weighted by atomic mass is 10.1. The molecule has 112 valence electrons. The number of ether oxygens (including phenoxy) is 1. The fourth-order valence-corrected chi connectivity index (χ4v) is 2.65. The van der Waals surface area contributed by atoms with Crippen molar-refractivity contribution in [3.63, 3.8) is 0 Å². The second-order valence-electron chi connectivity index (χ2n) is 5.64. The van der Waals surface area contributed by atoms with Gasteiger partial charge in [0.1, 0.15) is 0 Å². The lowest BCUT2D eigenvalue weighted by Gasteiger charge is -2.18. The van der Waals surface area contributed by atoms with Crippen molar-refractivity contribution in [2.45, 2.75) is 26.9 Å². The van der Waals surface area contributed by atoms with Crippen LogP contribution in [-0.4, -0.2) is 19.1 Å². The number of halogens is 1. The van der Waals surface area contributed by atoms with Gasteiger partial charge in [0.25, 0.3) is 0 Å². The molecule has 21 heavy (non-hydrogen) atoms. The zero-order chi connectivity index (χ0) is 15.4. The van der Waals surface area contributed by atoms with E-state index in [1.165, 1.54) is 29.9 Å². The number of hydrogen-bond donors (Lipinski definition) is 0. The van der Waals surface area contributed by atoms with E-state index < -0.39 is 0 Å². The molecule has 2 rings (SSSR count). The molecule has 0 aliphatic carbocycles. The van der Waals surface area contributed by atoms with Crippen LogP contribution >= 0.6 is 0 Å². The Morgan fingerprint density at radius 2 is 1.57 bits per heavy atom. The first-order valence-electron chi connectivity index (χ1n) is 7.06. The summed E-state index contributed by atoms with van der Waals surface area (Å²) < 4.78 is 18.6. The average Bonchev–Trinajstić information content (AvgIpc) is 2.37. The van der Waals surface area contributed by atoms with Crippen LogP contribution in [0.3, 0.4) is 0 Å². The topological polar surface area (TPSA) is 12.5 Å². The van der Waals surface area contributed by atoms with Crippen molar-refractivity contribution in [2.75, 3.05) is 14.2 Å². The van der Waals surface area contributed by atoms with Crippen LogP contribution in [0.2, 0.25) is 0 Å². The molecule has 0 aromatic heterocycles. The summed E-state index contributed by atoms with van der Waals surface area (Å²) in [6.45, 7) is 5.76. The Morgan fingerprint density at radius 3 is 2.14 bits per heavy atom. The van der Waals surface area contributed by atoms with Gasteiger partial charge in [-0.25, -0.2) is 4.39 Å². The van der Waals surface area contributed by atoms with E-state index in [-0.39, 0.29) is 11.6 Å². The van der Waals surface area contributed by atoms with E-state index in [9.17, 15) is 4.39 Å². The lowest BCUT2D eigenvalue weighted by molar-refractivity contribution is 0.317. The third kappa shape index (κ3) is 4.30. The molecular weight excluding hydrogens is 265 g/mol. The smallest absolute Gasteiger partial charge is 0.165 e. The van der Waals surface area contributed by atoms with E-state index in [0.717, 1.165) is 12.1 Å². The minimum absolute atomic E-state index is 0.288. The van der Waals surface area contributed by atoms with Gasteiger partial charge in [-0.05, 0) is 44.2 Å². The predicted octanol–water partition coefficient (Wildman–Crippen LogP) is 4.08. The van der Waals surface area contributed by atoms with Gasteiger partial charge in [0.15, 0.2) is 11.6 Å². The van der Waals surface area contributed by atoms with Crippen LogP contribution in [0.25, 0.3) is 0 Å². The molecule has 0 heterocycles. The number of nitrogens with zero attached hydrogens (tertiary/aromatic N) is 1. The molecule has 2 nitrogen and oxygen atoms in total. The molecule has 0 atom stereocenters. The summed E-state index contributed by atoms with van der Waals surface area (Å²) in [4.78, 5) is 2.18. The Labute approximate surface area is 126 Å². The Morgan fingerprint density at radius 1 is 0.952 bits per heavy atom. The summed E-state index contributed by atoms with van der Waals surface area (Å²) in [5.74, 6) is -0.0227. The zero-order valence-corrected chi connectivity index (χ0v) is 13.1. The maximum atomic E-state index is 13.7. The van der Waals surface area contributed by atoms with Gasteiger partial charge in [-0.3, -0.25) is 4.90 Å². The van der Waals surface area contributed by atoms with Crippen molar-refractivity contribution < 1.29 is 9.13 Å². The lowest BCUT2D eigenvalue weighted by Crippen LogP contribution is -2.17. The van der Waals surface area contributed by atoms with E-state index in [1.807, 2.05) is 13.1 Å². The van der Waals surface area contributed by atoms with Gasteiger partial charge in [-0.15, -0.1) is 0 Å². The summed E-state index contributed by atoms with van der Waals surface area (Å²) in [7, 11) is 3.52. The quantitative estimate of drug-likeness (QED) is 0.821. The SMILES string of the molecule is COc1ccc(CN(C)Cc2cc(C)cc(C)c2)cc1F. The van der Waals surface area contributed by atoms with Crippen molar-refractivity contribution in [2.24, 2.45) is 0 Å². The van der Waals surface area contributed by atoms with Gasteiger partial charge in [-0.2, -0.15) is 0 Å². The molecular formula is C18H22FNO. The molecule has 0 saturated carbocycles. The van der Waals surface area contributed by atoms with Crippen LogP contribution in [0.15, 0.2) is 36.4 Å². The number of hydrogen-bond acceptors (Lipinski definition) is 2. The van der Waals surface area contributed by atoms with Gasteiger partial charge in [0, 0.05) is 13.1 Å². The highest BCUT2D eigenvalue weighted by Crippen LogP contribution is 2.19. The van der Waals surface area contributed by atoms with Gasteiger partial charge in [0.2, 0.25) is 0 Å². The van der Waals surface area contributed by atoms with E-state index >= 15 is 0 Å². The maximum Gasteiger partial charge on any atom is 0.165 e. The number of rotatable bonds is 5. The second-order valence-corrected chi connectivity index (χ2v) is 5.64. The molecule has 0 saturated heterocycles. The maximum absolute atomic E-state index is 13.7. The average molecular weight is 287 g/mol. The predicted molar refractivity (Wildman–Crippen MR) is 84.0 cm³/mol. The fourth-order valence-electron chi connectivity index (χ4n) is 2.65. The highest BCUT2D eigenvalue weighted by Gasteiger charge is 2.07. The number of aryl methyl sites for hydroxylation is 2. The summed E-state index contributed by atoms with van der Waals surface area (Å²) in [6.07, 6.45) is 0. The summed E-state index contributed by atoms with van der Waals surface area (Å²) in [6, 6.07) is 11.7. The first-order valence-corrected chi connectivity index (χ1v) is 7.06. The molecule has 0 bridgehead atoms. The molecule has 0 fully saturated rings. The molecule has 0 unspecified atom stereocenters. The standard InChI is InChI=1S/C18H22FNO/c1-13-7-14(2)9-16(8-13)12-20(3)11-15-5-6-18(21-4)17(19)10-15/h5-10H,11-12H2,1-4H3. The third-order valence-electron chi connectivity index (χ3n) is 3.40. The van der Waals surface area contributed by atoms with Gasteiger partial charge in [-0.1, -0.05) is 35.4 Å². The minimum Gasteiger partial charge on any atom is -0.494 e. The van der Waals surface area contributed by atoms with Crippen LogP contribution in [0.1, 0.15) is 22.3 Å². The Kier molecular flexibility index (Phi) is 4.97. The van der Waals surface area contributed by atoms with Crippen LogP contribution in [-0.2, 0) is 13.1 Å². The van der Waals surface area contributed by atoms with Crippen molar-refractivity contribution in [1.82, 2.24) is 4.90 Å². The molecule has 0 aliphatic heterocycles. The van der Waals surface area contributed by atoms with Crippen molar-refractivity contribution in [3.8, 4) is 5.75 Å². The molecule has 0 amide bonds. The Balaban J connectivity index is 2.04. The first kappa shape index (κ1) is 15.5. The molecule has 0 N–H and O–H groups in total. The monoisotopic (exact) mass is 287 g/mol. The zero-order valence-electron chi connectivity index (χ0n) is 13.1. The molecule has 0 radical (unpaired) electrons. The third-order valence-corrected chi connectivity index (χ3v) is 3.40. The number of methoxy groups -OCH3 is 1. The first-order chi connectivity index (χ1) is 9.97. The Hall–Kier alpha value is -1.87. The van der Waals surface area contributed by atoms with Crippen LogP contribution in [0.5, 0.6) is 5.75 Å². The van der Waals surface area contributed by atoms with Crippen LogP contribution in [0, 0.1) is 19.7 Å². The van der Waals surface area contributed by atoms with Gasteiger partial charge in [0.05, 0.1) is 7.11 Å². The van der Waals surface area contributed by atoms with E-state index in [4.69, 9.17) is 4.74 Å². The highest BCUT2D eigenvalue weighted by atomic mass is 19.1. The summed E-state index contributed by atoms with van der Waals surface area (Å²) in [5, 5.41) is 0. The van der Waals surface area contributed by atoms with Crippen molar-refractivity contribution in [3.05, 3.63) is 64.5 Å². The molecule has 2 aromatic carbocycles. The fraction of sp³-hybridized carbons (Fsp3) is 0.333. The molecule has 0 aliphatic rings. The summed E-state index contributed by atoms with van der Waals surface area (Å²) >= 11 is 0. The van der Waals surface area contributed by atoms with Gasteiger partial charge >= 0.3 is 0 Å². The Bertz CT molecular complexity index is 604. The van der Waals surface area contributed by atoms with Gasteiger partial charge < -0.3 is 4.74 Å². The van der Waals surface area contributed by atoms with Crippen molar-refractivity contribution in [1.29, 1.82) is 0 Å².